The van der Waals surface area contributed by atoms with Crippen LogP contribution < -0.4 is 0 Å². The Morgan fingerprint density at radius 3 is 2.78 bits per heavy atom. The molecule has 0 aliphatic carbocycles. The highest BCUT2D eigenvalue weighted by atomic mass is 32.1. The van der Waals surface area contributed by atoms with E-state index in [2.05, 4.69) is 4.98 Å². The maximum Gasteiger partial charge on any atom is 0.272 e. The number of ketones is 1. The minimum absolute atomic E-state index is 0.0413. The molecule has 0 fully saturated rings. The van der Waals surface area contributed by atoms with Crippen LogP contribution in [0.4, 0.5) is 5.69 Å². The van der Waals surface area contributed by atoms with E-state index in [0.29, 0.717) is 16.1 Å². The number of nitro groups is 1. The molecule has 1 aromatic heterocycles. The van der Waals surface area contributed by atoms with Gasteiger partial charge in [0.2, 0.25) is 5.78 Å². The number of benzene rings is 2. The van der Waals surface area contributed by atoms with Gasteiger partial charge in [-0.2, -0.15) is 0 Å². The lowest BCUT2D eigenvalue weighted by molar-refractivity contribution is -0.385. The molecule has 0 unspecified atom stereocenters. The average Bonchev–Trinajstić information content (AvgIpc) is 2.97. The molecule has 3 rings (SSSR count). The average molecular weight is 324 g/mol. The second kappa shape index (κ2) is 6.10. The Balaban J connectivity index is 1.86. The summed E-state index contributed by atoms with van der Waals surface area (Å²) in [4.78, 5) is 27.0. The van der Waals surface area contributed by atoms with E-state index < -0.39 is 4.92 Å². The second-order valence-electron chi connectivity index (χ2n) is 4.99. The molecule has 0 aliphatic heterocycles. The third-order valence-corrected chi connectivity index (χ3v) is 4.41. The highest BCUT2D eigenvalue weighted by molar-refractivity contribution is 7.20. The third kappa shape index (κ3) is 3.17. The van der Waals surface area contributed by atoms with Crippen LogP contribution in [0.25, 0.3) is 16.3 Å². The number of thiazole rings is 1. The topological polar surface area (TPSA) is 73.1 Å². The fourth-order valence-corrected chi connectivity index (χ4v) is 3.03. The summed E-state index contributed by atoms with van der Waals surface area (Å²) < 4.78 is 0.954. The number of rotatable bonds is 4. The van der Waals surface area contributed by atoms with Gasteiger partial charge in [0.05, 0.1) is 15.1 Å². The smallest absolute Gasteiger partial charge is 0.272 e. The minimum atomic E-state index is -0.429. The van der Waals surface area contributed by atoms with Crippen LogP contribution in [0.5, 0.6) is 0 Å². The van der Waals surface area contributed by atoms with Crippen molar-refractivity contribution in [3.05, 3.63) is 74.8 Å². The molecule has 6 heteroatoms. The summed E-state index contributed by atoms with van der Waals surface area (Å²) in [5.41, 5.74) is 2.03. The fraction of sp³-hybridized carbons (Fsp3) is 0.0588. The lowest BCUT2D eigenvalue weighted by atomic mass is 10.1. The van der Waals surface area contributed by atoms with Gasteiger partial charge >= 0.3 is 0 Å². The largest absolute Gasteiger partial charge is 0.287 e. The molecule has 2 aromatic carbocycles. The molecule has 5 nitrogen and oxygen atoms in total. The van der Waals surface area contributed by atoms with Gasteiger partial charge in [0.15, 0.2) is 5.01 Å². The predicted octanol–water partition coefficient (Wildman–Crippen LogP) is 4.41. The van der Waals surface area contributed by atoms with Gasteiger partial charge in [-0.15, -0.1) is 11.3 Å². The van der Waals surface area contributed by atoms with Crippen LogP contribution in [0.1, 0.15) is 20.9 Å². The van der Waals surface area contributed by atoms with E-state index in [9.17, 15) is 14.9 Å². The summed E-state index contributed by atoms with van der Waals surface area (Å²) >= 11 is 1.33. The normalized spacial score (nSPS) is 11.2. The van der Waals surface area contributed by atoms with Crippen LogP contribution in [0.15, 0.2) is 48.5 Å². The summed E-state index contributed by atoms with van der Waals surface area (Å²) in [6.45, 7) is 1.68. The van der Waals surface area contributed by atoms with E-state index in [4.69, 9.17) is 0 Å². The Kier molecular flexibility index (Phi) is 3.99. The number of carbonyl (C=O) groups excluding carboxylic acids is 1. The fourth-order valence-electron chi connectivity index (χ4n) is 2.15. The standard InChI is InChI=1S/C17H12N2O3S/c1-11-6-7-12(10-14(11)19(21)22)8-9-15(20)17-18-13-4-2-3-5-16(13)23-17/h2-10H,1H3. The number of nitrogens with zero attached hydrogens (tertiary/aromatic N) is 2. The SMILES string of the molecule is Cc1ccc(C=CC(=O)c2nc3ccccc3s2)cc1[N+](=O)[O-]. The van der Waals surface area contributed by atoms with Crippen molar-refractivity contribution >= 4 is 39.1 Å². The molecular formula is C17H12N2O3S. The first-order chi connectivity index (χ1) is 11.0. The van der Waals surface area contributed by atoms with Gasteiger partial charge in [0.1, 0.15) is 0 Å². The van der Waals surface area contributed by atoms with Crippen LogP contribution >= 0.6 is 11.3 Å². The van der Waals surface area contributed by atoms with Crippen LogP contribution in [0.2, 0.25) is 0 Å². The summed E-state index contributed by atoms with van der Waals surface area (Å²) in [5.74, 6) is -0.213. The van der Waals surface area contributed by atoms with E-state index >= 15 is 0 Å². The van der Waals surface area contributed by atoms with E-state index in [1.807, 2.05) is 24.3 Å². The maximum absolute atomic E-state index is 12.2. The number of hydrogen-bond donors (Lipinski definition) is 0. The monoisotopic (exact) mass is 324 g/mol. The Bertz CT molecular complexity index is 911. The first kappa shape index (κ1) is 15.1. The van der Waals surface area contributed by atoms with Gasteiger partial charge in [-0.1, -0.05) is 30.3 Å². The molecule has 0 radical (unpaired) electrons. The van der Waals surface area contributed by atoms with Crippen molar-refractivity contribution in [3.8, 4) is 0 Å². The predicted molar refractivity (Wildman–Crippen MR) is 90.8 cm³/mol. The number of allylic oxidation sites excluding steroid dienone is 1. The lowest BCUT2D eigenvalue weighted by Crippen LogP contribution is -1.93. The highest BCUT2D eigenvalue weighted by Crippen LogP contribution is 2.23. The van der Waals surface area contributed by atoms with E-state index in [1.54, 1.807) is 25.1 Å². The highest BCUT2D eigenvalue weighted by Gasteiger charge is 2.11. The Labute approximate surface area is 136 Å². The van der Waals surface area contributed by atoms with Crippen molar-refractivity contribution in [1.29, 1.82) is 0 Å². The van der Waals surface area contributed by atoms with Gasteiger partial charge in [0.25, 0.3) is 5.69 Å². The molecular weight excluding hydrogens is 312 g/mol. The lowest BCUT2D eigenvalue weighted by Gasteiger charge is -1.98. The van der Waals surface area contributed by atoms with Gasteiger partial charge < -0.3 is 0 Å². The van der Waals surface area contributed by atoms with Crippen LogP contribution in [-0.4, -0.2) is 15.7 Å². The number of nitro benzene ring substituents is 1. The molecule has 0 spiro atoms. The number of aromatic nitrogens is 1. The molecule has 0 bridgehead atoms. The van der Waals surface area contributed by atoms with Crippen molar-refractivity contribution in [2.45, 2.75) is 6.92 Å². The number of aryl methyl sites for hydroxylation is 1. The van der Waals surface area contributed by atoms with E-state index in [-0.39, 0.29) is 11.5 Å². The Morgan fingerprint density at radius 1 is 1.26 bits per heavy atom. The van der Waals surface area contributed by atoms with Crippen molar-refractivity contribution in [2.24, 2.45) is 0 Å². The van der Waals surface area contributed by atoms with Gasteiger partial charge in [0, 0.05) is 11.6 Å². The molecule has 23 heavy (non-hydrogen) atoms. The molecule has 0 amide bonds. The van der Waals surface area contributed by atoms with Crippen LogP contribution in [-0.2, 0) is 0 Å². The summed E-state index contributed by atoms with van der Waals surface area (Å²) in [6, 6.07) is 12.4. The summed E-state index contributed by atoms with van der Waals surface area (Å²) in [7, 11) is 0. The van der Waals surface area contributed by atoms with Crippen LogP contribution in [0.3, 0.4) is 0 Å². The van der Waals surface area contributed by atoms with Crippen LogP contribution in [0, 0.1) is 17.0 Å². The molecule has 0 atom stereocenters. The Hall–Kier alpha value is -2.86. The van der Waals surface area contributed by atoms with Gasteiger partial charge in [-0.3, -0.25) is 14.9 Å². The number of hydrogen-bond acceptors (Lipinski definition) is 5. The summed E-state index contributed by atoms with van der Waals surface area (Å²) in [5, 5.41) is 11.3. The second-order valence-corrected chi connectivity index (χ2v) is 6.02. The minimum Gasteiger partial charge on any atom is -0.287 e. The summed E-state index contributed by atoms with van der Waals surface area (Å²) in [6.07, 6.45) is 2.97. The molecule has 0 N–H and O–H groups in total. The zero-order valence-corrected chi connectivity index (χ0v) is 13.0. The third-order valence-electron chi connectivity index (χ3n) is 3.36. The number of carbonyl (C=O) groups is 1. The number of para-hydroxylation sites is 1. The van der Waals surface area contributed by atoms with Crippen molar-refractivity contribution in [1.82, 2.24) is 4.98 Å². The molecule has 114 valence electrons. The number of fused-ring (bicyclic) bond motifs is 1. The quantitative estimate of drug-likeness (QED) is 0.308. The molecule has 3 aromatic rings. The maximum atomic E-state index is 12.2. The zero-order chi connectivity index (χ0) is 16.4. The molecule has 0 saturated carbocycles. The molecule has 1 heterocycles. The first-order valence-corrected chi connectivity index (χ1v) is 7.69. The zero-order valence-electron chi connectivity index (χ0n) is 12.2. The van der Waals surface area contributed by atoms with E-state index in [1.165, 1.54) is 23.5 Å². The van der Waals surface area contributed by atoms with Crippen molar-refractivity contribution < 1.29 is 9.72 Å². The first-order valence-electron chi connectivity index (χ1n) is 6.87. The van der Waals surface area contributed by atoms with Crippen molar-refractivity contribution in [2.75, 3.05) is 0 Å². The van der Waals surface area contributed by atoms with Gasteiger partial charge in [-0.05, 0) is 30.7 Å². The van der Waals surface area contributed by atoms with Gasteiger partial charge in [-0.25, -0.2) is 4.98 Å². The molecule has 0 saturated heterocycles. The molecule has 0 aliphatic rings. The van der Waals surface area contributed by atoms with E-state index in [0.717, 1.165) is 10.2 Å². The van der Waals surface area contributed by atoms with Crippen molar-refractivity contribution in [3.63, 3.8) is 0 Å². The Morgan fingerprint density at radius 2 is 2.04 bits per heavy atom.